The maximum atomic E-state index is 12.3. The van der Waals surface area contributed by atoms with Crippen LogP contribution in [0.3, 0.4) is 0 Å². The number of primary amides is 1. The lowest BCUT2D eigenvalue weighted by molar-refractivity contribution is -0.128. The molecule has 1 aliphatic rings. The summed E-state index contributed by atoms with van der Waals surface area (Å²) in [5.41, 5.74) is 6.08. The van der Waals surface area contributed by atoms with Crippen LogP contribution in [-0.4, -0.2) is 63.1 Å². The van der Waals surface area contributed by atoms with Crippen LogP contribution in [0.2, 0.25) is 0 Å². The topological polar surface area (TPSA) is 130 Å². The first-order valence-corrected chi connectivity index (χ1v) is 8.72. The smallest absolute Gasteiger partial charge is 0.231 e. The summed E-state index contributed by atoms with van der Waals surface area (Å²) in [7, 11) is 0. The van der Waals surface area contributed by atoms with Crippen LogP contribution in [0.25, 0.3) is 11.4 Å². The van der Waals surface area contributed by atoms with Crippen molar-refractivity contribution in [2.75, 3.05) is 26.2 Å². The molecule has 1 saturated heterocycles. The van der Waals surface area contributed by atoms with Crippen molar-refractivity contribution < 1.29 is 9.59 Å². The molecule has 3 rings (SSSR count). The number of pyridine rings is 1. The van der Waals surface area contributed by atoms with E-state index in [1.165, 1.54) is 0 Å². The zero-order valence-corrected chi connectivity index (χ0v) is 14.5. The number of nitrogens with two attached hydrogens (primary N) is 1. The van der Waals surface area contributed by atoms with Crippen molar-refractivity contribution in [3.8, 4) is 11.4 Å². The molecule has 9 nitrogen and oxygen atoms in total. The van der Waals surface area contributed by atoms with Crippen LogP contribution in [0.15, 0.2) is 24.5 Å². The predicted molar refractivity (Wildman–Crippen MR) is 94.7 cm³/mol. The van der Waals surface area contributed by atoms with Gasteiger partial charge in [0.2, 0.25) is 11.8 Å². The fourth-order valence-electron chi connectivity index (χ4n) is 3.11. The number of amides is 2. The normalized spacial score (nSPS) is 17.8. The molecule has 2 aromatic heterocycles. The van der Waals surface area contributed by atoms with Gasteiger partial charge in [-0.3, -0.25) is 24.6 Å². The lowest BCUT2D eigenvalue weighted by Crippen LogP contribution is -2.46. The SMILES string of the molecule is NC(=O)CN1CCC[C@@H](C(=O)NCCc2nc(-c3cccnc3)n[nH]2)C1. The van der Waals surface area contributed by atoms with Crippen molar-refractivity contribution in [1.82, 2.24) is 30.4 Å². The van der Waals surface area contributed by atoms with E-state index in [2.05, 4.69) is 25.5 Å². The van der Waals surface area contributed by atoms with Gasteiger partial charge in [-0.05, 0) is 31.5 Å². The number of hydrogen-bond donors (Lipinski definition) is 3. The molecule has 2 amide bonds. The third kappa shape index (κ3) is 4.85. The van der Waals surface area contributed by atoms with Gasteiger partial charge in [0.25, 0.3) is 0 Å². The van der Waals surface area contributed by atoms with Crippen molar-refractivity contribution >= 4 is 11.8 Å². The molecule has 0 spiro atoms. The van der Waals surface area contributed by atoms with Crippen molar-refractivity contribution in [3.05, 3.63) is 30.4 Å². The van der Waals surface area contributed by atoms with E-state index in [0.29, 0.717) is 31.2 Å². The van der Waals surface area contributed by atoms with Crippen LogP contribution in [0.5, 0.6) is 0 Å². The van der Waals surface area contributed by atoms with Gasteiger partial charge in [0.05, 0.1) is 12.5 Å². The third-order valence-electron chi connectivity index (χ3n) is 4.37. The highest BCUT2D eigenvalue weighted by atomic mass is 16.2. The van der Waals surface area contributed by atoms with Crippen LogP contribution in [0.1, 0.15) is 18.7 Å². The first-order valence-electron chi connectivity index (χ1n) is 8.72. The van der Waals surface area contributed by atoms with Gasteiger partial charge in [0, 0.05) is 37.5 Å². The molecule has 1 fully saturated rings. The largest absolute Gasteiger partial charge is 0.369 e. The predicted octanol–water partition coefficient (Wildman–Crippen LogP) is -0.277. The zero-order valence-electron chi connectivity index (χ0n) is 14.5. The van der Waals surface area contributed by atoms with E-state index < -0.39 is 0 Å². The van der Waals surface area contributed by atoms with Crippen molar-refractivity contribution in [3.63, 3.8) is 0 Å². The maximum Gasteiger partial charge on any atom is 0.231 e. The average molecular weight is 357 g/mol. The molecule has 9 heteroatoms. The second-order valence-corrected chi connectivity index (χ2v) is 6.43. The van der Waals surface area contributed by atoms with Gasteiger partial charge < -0.3 is 11.1 Å². The molecule has 138 valence electrons. The Kier molecular flexibility index (Phi) is 5.90. The molecule has 26 heavy (non-hydrogen) atoms. The number of carbonyl (C=O) groups excluding carboxylic acids is 2. The second-order valence-electron chi connectivity index (χ2n) is 6.43. The van der Waals surface area contributed by atoms with E-state index >= 15 is 0 Å². The second kappa shape index (κ2) is 8.52. The van der Waals surface area contributed by atoms with Crippen LogP contribution >= 0.6 is 0 Å². The quantitative estimate of drug-likeness (QED) is 0.625. The molecule has 0 saturated carbocycles. The first kappa shape index (κ1) is 18.0. The number of hydrogen-bond acceptors (Lipinski definition) is 6. The van der Waals surface area contributed by atoms with E-state index in [-0.39, 0.29) is 24.3 Å². The minimum atomic E-state index is -0.360. The number of carbonyl (C=O) groups is 2. The summed E-state index contributed by atoms with van der Waals surface area (Å²) in [5, 5.41) is 10.0. The number of H-pyrrole nitrogens is 1. The van der Waals surface area contributed by atoms with Crippen LogP contribution in [0, 0.1) is 5.92 Å². The van der Waals surface area contributed by atoms with Gasteiger partial charge in [0.15, 0.2) is 5.82 Å². The van der Waals surface area contributed by atoms with Crippen molar-refractivity contribution in [1.29, 1.82) is 0 Å². The molecule has 2 aromatic rings. The zero-order chi connectivity index (χ0) is 18.4. The van der Waals surface area contributed by atoms with Gasteiger partial charge in [-0.25, -0.2) is 4.98 Å². The van der Waals surface area contributed by atoms with E-state index in [4.69, 9.17) is 5.73 Å². The highest BCUT2D eigenvalue weighted by Crippen LogP contribution is 2.16. The molecule has 3 heterocycles. The van der Waals surface area contributed by atoms with E-state index in [1.807, 2.05) is 17.0 Å². The first-order chi connectivity index (χ1) is 12.6. The monoisotopic (exact) mass is 357 g/mol. The fraction of sp³-hybridized carbons (Fsp3) is 0.471. The fourth-order valence-corrected chi connectivity index (χ4v) is 3.11. The minimum absolute atomic E-state index is 0.00571. The summed E-state index contributed by atoms with van der Waals surface area (Å²) in [6.07, 6.45) is 5.69. The van der Waals surface area contributed by atoms with Crippen molar-refractivity contribution in [2.45, 2.75) is 19.3 Å². The summed E-state index contributed by atoms with van der Waals surface area (Å²) in [6.45, 7) is 2.07. The van der Waals surface area contributed by atoms with E-state index in [1.54, 1.807) is 12.4 Å². The van der Waals surface area contributed by atoms with E-state index in [9.17, 15) is 9.59 Å². The summed E-state index contributed by atoms with van der Waals surface area (Å²) in [6, 6.07) is 3.72. The maximum absolute atomic E-state index is 12.3. The summed E-state index contributed by atoms with van der Waals surface area (Å²) in [4.78, 5) is 33.8. The number of aromatic nitrogens is 4. The van der Waals surface area contributed by atoms with Crippen molar-refractivity contribution in [2.24, 2.45) is 11.7 Å². The number of piperidine rings is 1. The Morgan fingerprint density at radius 2 is 2.31 bits per heavy atom. The number of nitrogens with one attached hydrogen (secondary N) is 2. The summed E-state index contributed by atoms with van der Waals surface area (Å²) >= 11 is 0. The van der Waals surface area contributed by atoms with Crippen LogP contribution in [-0.2, 0) is 16.0 Å². The molecule has 0 unspecified atom stereocenters. The number of rotatable bonds is 7. The summed E-state index contributed by atoms with van der Waals surface area (Å²) < 4.78 is 0. The molecule has 4 N–H and O–H groups in total. The lowest BCUT2D eigenvalue weighted by atomic mass is 9.97. The average Bonchev–Trinajstić information content (AvgIpc) is 3.11. The Morgan fingerprint density at radius 3 is 3.08 bits per heavy atom. The number of nitrogens with zero attached hydrogens (tertiary/aromatic N) is 4. The van der Waals surface area contributed by atoms with Gasteiger partial charge in [-0.15, -0.1) is 0 Å². The molecule has 0 aromatic carbocycles. The van der Waals surface area contributed by atoms with Gasteiger partial charge in [0.1, 0.15) is 5.82 Å². The molecule has 1 atom stereocenters. The molecule has 1 aliphatic heterocycles. The Hall–Kier alpha value is -2.81. The van der Waals surface area contributed by atoms with Crippen LogP contribution in [0.4, 0.5) is 0 Å². The Morgan fingerprint density at radius 1 is 1.42 bits per heavy atom. The molecular weight excluding hydrogens is 334 g/mol. The standard InChI is InChI=1S/C17H23N7O2/c18-14(25)11-24-8-2-4-13(10-24)17(26)20-7-5-15-21-16(23-22-15)12-3-1-6-19-9-12/h1,3,6,9,13H,2,4-5,7-8,10-11H2,(H2,18,25)(H,20,26)(H,21,22,23)/t13-/m1/s1. The Labute approximate surface area is 151 Å². The summed E-state index contributed by atoms with van der Waals surface area (Å²) in [5.74, 6) is 0.840. The lowest BCUT2D eigenvalue weighted by Gasteiger charge is -2.30. The van der Waals surface area contributed by atoms with Gasteiger partial charge in [-0.1, -0.05) is 0 Å². The third-order valence-corrected chi connectivity index (χ3v) is 4.37. The highest BCUT2D eigenvalue weighted by molar-refractivity contribution is 5.79. The van der Waals surface area contributed by atoms with Gasteiger partial charge in [-0.2, -0.15) is 5.10 Å². The number of likely N-dealkylation sites (tertiary alicyclic amines) is 1. The molecule has 0 bridgehead atoms. The molecule has 0 aliphatic carbocycles. The molecule has 0 radical (unpaired) electrons. The minimum Gasteiger partial charge on any atom is -0.369 e. The molecular formula is C17H23N7O2. The highest BCUT2D eigenvalue weighted by Gasteiger charge is 2.26. The van der Waals surface area contributed by atoms with Gasteiger partial charge >= 0.3 is 0 Å². The number of aromatic amines is 1. The Bertz CT molecular complexity index is 747. The van der Waals surface area contributed by atoms with Crippen LogP contribution < -0.4 is 11.1 Å². The Balaban J connectivity index is 1.45. The van der Waals surface area contributed by atoms with E-state index in [0.717, 1.165) is 24.9 Å².